The number of furan rings is 1. The zero-order valence-electron chi connectivity index (χ0n) is 16.4. The number of halogens is 1. The Bertz CT molecular complexity index is 781. The van der Waals surface area contributed by atoms with Crippen LogP contribution in [0.5, 0.6) is 0 Å². The minimum absolute atomic E-state index is 0.181. The molecule has 2 heterocycles. The van der Waals surface area contributed by atoms with E-state index in [-0.39, 0.29) is 5.91 Å². The van der Waals surface area contributed by atoms with E-state index in [9.17, 15) is 4.79 Å². The third kappa shape index (κ3) is 6.16. The van der Waals surface area contributed by atoms with E-state index in [0.29, 0.717) is 18.8 Å². The summed E-state index contributed by atoms with van der Waals surface area (Å²) in [5.74, 6) is 1.04. The molecule has 0 radical (unpaired) electrons. The number of nitrogens with one attached hydrogen (secondary N) is 2. The van der Waals surface area contributed by atoms with E-state index < -0.39 is 0 Å². The summed E-state index contributed by atoms with van der Waals surface area (Å²) in [6.07, 6.45) is 4.32. The third-order valence-electron chi connectivity index (χ3n) is 4.12. The van der Waals surface area contributed by atoms with Crippen LogP contribution in [-0.4, -0.2) is 48.0 Å². The van der Waals surface area contributed by atoms with E-state index in [2.05, 4.69) is 47.1 Å². The summed E-state index contributed by atoms with van der Waals surface area (Å²) in [4.78, 5) is 18.8. The van der Waals surface area contributed by atoms with Gasteiger partial charge in [-0.25, -0.2) is 0 Å². The van der Waals surface area contributed by atoms with Crippen molar-refractivity contribution >= 4 is 27.8 Å². The van der Waals surface area contributed by atoms with E-state index in [1.165, 1.54) is 12.0 Å². The first-order valence-corrected chi connectivity index (χ1v) is 9.84. The summed E-state index contributed by atoms with van der Waals surface area (Å²) in [6, 6.07) is 3.88. The Kier molecular flexibility index (Phi) is 7.97. The number of amides is 1. The van der Waals surface area contributed by atoms with Crippen LogP contribution in [0.4, 0.5) is 0 Å². The molecule has 0 unspecified atom stereocenters. The first-order valence-electron chi connectivity index (χ1n) is 9.04. The fourth-order valence-electron chi connectivity index (χ4n) is 2.66. The van der Waals surface area contributed by atoms with Gasteiger partial charge in [-0.05, 0) is 48.3 Å². The van der Waals surface area contributed by atoms with Crippen LogP contribution in [0.25, 0.3) is 0 Å². The van der Waals surface area contributed by atoms with E-state index >= 15 is 0 Å². The topological polar surface area (TPSA) is 74.8 Å². The molecule has 2 aromatic heterocycles. The van der Waals surface area contributed by atoms with Gasteiger partial charge >= 0.3 is 0 Å². The fraction of sp³-hybridized carbons (Fsp3) is 0.474. The van der Waals surface area contributed by atoms with Crippen molar-refractivity contribution in [3.63, 3.8) is 0 Å². The molecule has 0 spiro atoms. The maximum absolute atomic E-state index is 12.0. The minimum Gasteiger partial charge on any atom is -0.459 e. The molecule has 0 bridgehead atoms. The Morgan fingerprint density at radius 1 is 1.41 bits per heavy atom. The maximum Gasteiger partial charge on any atom is 0.287 e. The number of aromatic nitrogens is 1. The van der Waals surface area contributed by atoms with Gasteiger partial charge in [-0.3, -0.25) is 9.79 Å². The van der Waals surface area contributed by atoms with E-state index in [4.69, 9.17) is 4.42 Å². The van der Waals surface area contributed by atoms with Crippen LogP contribution in [0.1, 0.15) is 35.2 Å². The minimum atomic E-state index is -0.181. The molecule has 0 saturated heterocycles. The number of rotatable bonds is 8. The molecule has 1 amide bonds. The third-order valence-corrected chi connectivity index (χ3v) is 4.55. The molecule has 0 atom stereocenters. The average molecular weight is 438 g/mol. The molecule has 0 aliphatic carbocycles. The zero-order valence-corrected chi connectivity index (χ0v) is 18.0. The molecule has 0 fully saturated rings. The summed E-state index contributed by atoms with van der Waals surface area (Å²) < 4.78 is 8.35. The fourth-order valence-corrected chi connectivity index (χ4v) is 3.23. The van der Waals surface area contributed by atoms with Gasteiger partial charge in [-0.2, -0.15) is 0 Å². The summed E-state index contributed by atoms with van der Waals surface area (Å²) in [6.45, 7) is 6.63. The predicted octanol–water partition coefficient (Wildman–Crippen LogP) is 2.91. The highest BCUT2D eigenvalue weighted by atomic mass is 79.9. The lowest BCUT2D eigenvalue weighted by atomic mass is 10.2. The van der Waals surface area contributed by atoms with Crippen LogP contribution in [0.2, 0.25) is 0 Å². The molecule has 2 aromatic rings. The molecule has 0 aliphatic heterocycles. The highest BCUT2D eigenvalue weighted by molar-refractivity contribution is 9.10. The van der Waals surface area contributed by atoms with E-state index in [0.717, 1.165) is 35.5 Å². The van der Waals surface area contributed by atoms with Crippen LogP contribution in [0.15, 0.2) is 38.5 Å². The van der Waals surface area contributed by atoms with Crippen molar-refractivity contribution < 1.29 is 9.21 Å². The van der Waals surface area contributed by atoms with Gasteiger partial charge in [0.05, 0.1) is 12.8 Å². The van der Waals surface area contributed by atoms with E-state index in [1.807, 2.05) is 34.1 Å². The summed E-state index contributed by atoms with van der Waals surface area (Å²) in [5, 5.41) is 6.18. The first-order chi connectivity index (χ1) is 12.9. The lowest BCUT2D eigenvalue weighted by molar-refractivity contribution is 0.0925. The molecule has 0 aromatic carbocycles. The van der Waals surface area contributed by atoms with Crippen LogP contribution >= 0.6 is 15.9 Å². The molecule has 27 heavy (non-hydrogen) atoms. The van der Waals surface area contributed by atoms with Crippen molar-refractivity contribution in [1.82, 2.24) is 20.1 Å². The molecule has 148 valence electrons. The smallest absolute Gasteiger partial charge is 0.287 e. The van der Waals surface area contributed by atoms with Crippen molar-refractivity contribution in [2.75, 3.05) is 26.7 Å². The highest BCUT2D eigenvalue weighted by Crippen LogP contribution is 2.15. The standard InChI is InChI=1S/C19H28BrN5O2/c1-5-21-19(25(4)13-16-11-15(20)12-24(16)3)23-9-6-8-22-18(26)17-14(2)7-10-27-17/h7,10-12H,5-6,8-9,13H2,1-4H3,(H,21,23)(H,22,26). The van der Waals surface area contributed by atoms with Gasteiger partial charge in [0.15, 0.2) is 11.7 Å². The predicted molar refractivity (Wildman–Crippen MR) is 111 cm³/mol. The largest absolute Gasteiger partial charge is 0.459 e. The van der Waals surface area contributed by atoms with Gasteiger partial charge in [0.1, 0.15) is 0 Å². The van der Waals surface area contributed by atoms with Crippen LogP contribution in [-0.2, 0) is 13.6 Å². The Morgan fingerprint density at radius 2 is 2.19 bits per heavy atom. The van der Waals surface area contributed by atoms with Crippen molar-refractivity contribution in [2.24, 2.45) is 12.0 Å². The number of hydrogen-bond donors (Lipinski definition) is 2. The van der Waals surface area contributed by atoms with Crippen molar-refractivity contribution in [2.45, 2.75) is 26.8 Å². The first kappa shape index (κ1) is 21.1. The second-order valence-corrected chi connectivity index (χ2v) is 7.31. The molecule has 2 N–H and O–H groups in total. The van der Waals surface area contributed by atoms with Crippen molar-refractivity contribution in [3.05, 3.63) is 46.1 Å². The van der Waals surface area contributed by atoms with Crippen LogP contribution in [0, 0.1) is 6.92 Å². The zero-order chi connectivity index (χ0) is 19.8. The summed E-state index contributed by atoms with van der Waals surface area (Å²) in [7, 11) is 4.05. The summed E-state index contributed by atoms with van der Waals surface area (Å²) in [5.41, 5.74) is 2.03. The molecule has 0 saturated carbocycles. The lowest BCUT2D eigenvalue weighted by Gasteiger charge is -2.22. The molecule has 7 nitrogen and oxygen atoms in total. The molecule has 2 rings (SSSR count). The number of carbonyl (C=O) groups is 1. The number of aliphatic imine (C=N–C) groups is 1. The Balaban J connectivity index is 1.83. The summed E-state index contributed by atoms with van der Waals surface area (Å²) >= 11 is 3.50. The highest BCUT2D eigenvalue weighted by Gasteiger charge is 2.12. The maximum atomic E-state index is 12.0. The van der Waals surface area contributed by atoms with Crippen molar-refractivity contribution in [3.8, 4) is 0 Å². The Morgan fingerprint density at radius 3 is 2.78 bits per heavy atom. The molecule has 8 heteroatoms. The average Bonchev–Trinajstić information content (AvgIpc) is 3.18. The second-order valence-electron chi connectivity index (χ2n) is 6.39. The van der Waals surface area contributed by atoms with Gasteiger partial charge in [0.25, 0.3) is 5.91 Å². The van der Waals surface area contributed by atoms with Crippen molar-refractivity contribution in [1.29, 1.82) is 0 Å². The van der Waals surface area contributed by atoms with Gasteiger partial charge in [0, 0.05) is 55.7 Å². The molecule has 0 aliphatic rings. The van der Waals surface area contributed by atoms with Gasteiger partial charge in [-0.1, -0.05) is 0 Å². The number of aryl methyl sites for hydroxylation is 2. The number of nitrogens with zero attached hydrogens (tertiary/aromatic N) is 3. The molecular weight excluding hydrogens is 410 g/mol. The lowest BCUT2D eigenvalue weighted by Crippen LogP contribution is -2.39. The van der Waals surface area contributed by atoms with Gasteiger partial charge < -0.3 is 24.5 Å². The van der Waals surface area contributed by atoms with Crippen LogP contribution < -0.4 is 10.6 Å². The number of hydrogen-bond acceptors (Lipinski definition) is 3. The van der Waals surface area contributed by atoms with E-state index in [1.54, 1.807) is 6.07 Å². The SMILES string of the molecule is CCNC(=NCCCNC(=O)c1occc1C)N(C)Cc1cc(Br)cn1C. The Hall–Kier alpha value is -2.22. The number of guanidine groups is 1. The number of carbonyl (C=O) groups excluding carboxylic acids is 1. The van der Waals surface area contributed by atoms with Crippen LogP contribution in [0.3, 0.4) is 0 Å². The normalized spacial score (nSPS) is 11.5. The monoisotopic (exact) mass is 437 g/mol. The second kappa shape index (κ2) is 10.2. The molecular formula is C19H28BrN5O2. The van der Waals surface area contributed by atoms with Gasteiger partial charge in [0.2, 0.25) is 0 Å². The van der Waals surface area contributed by atoms with Gasteiger partial charge in [-0.15, -0.1) is 0 Å². The quantitative estimate of drug-likeness (QED) is 0.378. The Labute approximate surface area is 169 Å².